The van der Waals surface area contributed by atoms with E-state index in [0.717, 1.165) is 0 Å². The maximum atomic E-state index is 5.80. The Balaban J connectivity index is 2.98. The van der Waals surface area contributed by atoms with Crippen LogP contribution in [0.2, 0.25) is 5.15 Å². The van der Waals surface area contributed by atoms with E-state index >= 15 is 0 Å². The summed E-state index contributed by atoms with van der Waals surface area (Å²) in [5.74, 6) is 1.10. The largest absolute Gasteiger partial charge is 0.383 e. The predicted octanol–water partition coefficient (Wildman–Crippen LogP) is 1.57. The summed E-state index contributed by atoms with van der Waals surface area (Å²) in [5, 5.41) is 0.289. The van der Waals surface area contributed by atoms with Crippen molar-refractivity contribution < 1.29 is 0 Å². The third-order valence-corrected chi connectivity index (χ3v) is 2.69. The van der Waals surface area contributed by atoms with Crippen molar-refractivity contribution in [1.82, 2.24) is 9.97 Å². The highest BCUT2D eigenvalue weighted by Gasteiger charge is 2.08. The summed E-state index contributed by atoms with van der Waals surface area (Å²) >= 11 is 7.23. The first kappa shape index (κ1) is 10.1. The molecule has 0 aliphatic rings. The molecule has 70 valence electrons. The number of hydrogen-bond acceptors (Lipinski definition) is 5. The SMILES string of the molecule is C=CCSc1c(N)nc(N)nc1Cl. The van der Waals surface area contributed by atoms with Crippen molar-refractivity contribution in [2.75, 3.05) is 17.2 Å². The Kier molecular flexibility index (Phi) is 3.39. The first-order chi connectivity index (χ1) is 6.15. The van der Waals surface area contributed by atoms with Gasteiger partial charge in [0, 0.05) is 5.75 Å². The first-order valence-corrected chi connectivity index (χ1v) is 4.83. The van der Waals surface area contributed by atoms with Crippen molar-refractivity contribution in [1.29, 1.82) is 0 Å². The van der Waals surface area contributed by atoms with Crippen LogP contribution in [0.3, 0.4) is 0 Å². The van der Waals surface area contributed by atoms with Crippen molar-refractivity contribution in [3.8, 4) is 0 Å². The summed E-state index contributed by atoms with van der Waals surface area (Å²) in [6.45, 7) is 3.58. The van der Waals surface area contributed by atoms with Gasteiger partial charge in [0.15, 0.2) is 0 Å². The number of anilines is 2. The van der Waals surface area contributed by atoms with E-state index in [0.29, 0.717) is 16.5 Å². The van der Waals surface area contributed by atoms with Crippen LogP contribution in [0, 0.1) is 0 Å². The molecular formula is C7H9ClN4S. The molecule has 13 heavy (non-hydrogen) atoms. The Bertz CT molecular complexity index is 305. The van der Waals surface area contributed by atoms with Gasteiger partial charge >= 0.3 is 0 Å². The zero-order chi connectivity index (χ0) is 9.84. The molecule has 6 heteroatoms. The number of nitrogens with two attached hydrogens (primary N) is 2. The third-order valence-electron chi connectivity index (χ3n) is 1.21. The van der Waals surface area contributed by atoms with Crippen LogP contribution in [-0.4, -0.2) is 15.7 Å². The van der Waals surface area contributed by atoms with Crippen molar-refractivity contribution >= 4 is 35.1 Å². The molecule has 0 bridgehead atoms. The lowest BCUT2D eigenvalue weighted by Gasteiger charge is -2.04. The zero-order valence-corrected chi connectivity index (χ0v) is 8.40. The maximum absolute atomic E-state index is 5.80. The van der Waals surface area contributed by atoms with Crippen molar-refractivity contribution in [3.05, 3.63) is 17.8 Å². The van der Waals surface area contributed by atoms with E-state index < -0.39 is 0 Å². The second-order valence-corrected chi connectivity index (χ2v) is 3.57. The van der Waals surface area contributed by atoms with Gasteiger partial charge < -0.3 is 11.5 Å². The quantitative estimate of drug-likeness (QED) is 0.456. The van der Waals surface area contributed by atoms with Gasteiger partial charge in [0.25, 0.3) is 0 Å². The Morgan fingerprint density at radius 1 is 1.46 bits per heavy atom. The molecule has 0 amide bonds. The van der Waals surface area contributed by atoms with Crippen LogP contribution < -0.4 is 11.5 Å². The number of thioether (sulfide) groups is 1. The van der Waals surface area contributed by atoms with Crippen LogP contribution >= 0.6 is 23.4 Å². The van der Waals surface area contributed by atoms with Gasteiger partial charge in [-0.1, -0.05) is 17.7 Å². The summed E-state index contributed by atoms with van der Waals surface area (Å²) in [7, 11) is 0. The fourth-order valence-electron chi connectivity index (χ4n) is 0.732. The van der Waals surface area contributed by atoms with Crippen LogP contribution in [0.4, 0.5) is 11.8 Å². The molecule has 1 aromatic rings. The molecule has 0 radical (unpaired) electrons. The Morgan fingerprint density at radius 3 is 2.69 bits per heavy atom. The molecule has 0 saturated heterocycles. The Morgan fingerprint density at radius 2 is 2.15 bits per heavy atom. The summed E-state index contributed by atoms with van der Waals surface area (Å²) < 4.78 is 0. The van der Waals surface area contributed by atoms with E-state index in [1.165, 1.54) is 11.8 Å². The highest BCUT2D eigenvalue weighted by molar-refractivity contribution is 7.99. The van der Waals surface area contributed by atoms with Gasteiger partial charge in [-0.25, -0.2) is 0 Å². The van der Waals surface area contributed by atoms with Crippen molar-refractivity contribution in [3.63, 3.8) is 0 Å². The lowest BCUT2D eigenvalue weighted by molar-refractivity contribution is 1.13. The van der Waals surface area contributed by atoms with Gasteiger partial charge in [0.2, 0.25) is 5.95 Å². The van der Waals surface area contributed by atoms with Crippen LogP contribution in [0.5, 0.6) is 0 Å². The van der Waals surface area contributed by atoms with Crippen molar-refractivity contribution in [2.45, 2.75) is 4.90 Å². The van der Waals surface area contributed by atoms with Crippen molar-refractivity contribution in [2.24, 2.45) is 0 Å². The molecular weight excluding hydrogens is 208 g/mol. The normalized spacial score (nSPS) is 9.92. The molecule has 0 fully saturated rings. The molecule has 1 aromatic heterocycles. The van der Waals surface area contributed by atoms with E-state index in [4.69, 9.17) is 23.1 Å². The number of hydrogen-bond donors (Lipinski definition) is 2. The molecule has 4 N–H and O–H groups in total. The highest BCUT2D eigenvalue weighted by atomic mass is 35.5. The smallest absolute Gasteiger partial charge is 0.223 e. The summed E-state index contributed by atoms with van der Waals surface area (Å²) in [5.41, 5.74) is 10.9. The van der Waals surface area contributed by atoms with E-state index in [-0.39, 0.29) is 11.1 Å². The van der Waals surface area contributed by atoms with Crippen LogP contribution in [0.25, 0.3) is 0 Å². The fraction of sp³-hybridized carbons (Fsp3) is 0.143. The first-order valence-electron chi connectivity index (χ1n) is 3.47. The summed E-state index contributed by atoms with van der Waals surface area (Å²) in [4.78, 5) is 8.23. The molecule has 0 spiro atoms. The third kappa shape index (κ3) is 2.50. The number of nitrogen functional groups attached to an aromatic ring is 2. The molecule has 4 nitrogen and oxygen atoms in total. The molecule has 0 aliphatic carbocycles. The molecule has 1 rings (SSSR count). The Hall–Kier alpha value is -0.940. The van der Waals surface area contributed by atoms with E-state index in [1.807, 2.05) is 0 Å². The van der Waals surface area contributed by atoms with Crippen LogP contribution in [-0.2, 0) is 0 Å². The Labute approximate surface area is 85.4 Å². The topological polar surface area (TPSA) is 77.8 Å². The number of nitrogens with zero attached hydrogens (tertiary/aromatic N) is 2. The minimum absolute atomic E-state index is 0.0884. The minimum Gasteiger partial charge on any atom is -0.383 e. The maximum Gasteiger partial charge on any atom is 0.223 e. The predicted molar refractivity (Wildman–Crippen MR) is 56.8 cm³/mol. The average molecular weight is 217 g/mol. The zero-order valence-electron chi connectivity index (χ0n) is 6.83. The lowest BCUT2D eigenvalue weighted by atomic mass is 10.6. The summed E-state index contributed by atoms with van der Waals surface area (Å²) in [6.07, 6.45) is 1.75. The monoisotopic (exact) mass is 216 g/mol. The highest BCUT2D eigenvalue weighted by Crippen LogP contribution is 2.30. The average Bonchev–Trinajstić information content (AvgIpc) is 2.02. The van der Waals surface area contributed by atoms with E-state index in [1.54, 1.807) is 6.08 Å². The van der Waals surface area contributed by atoms with Crippen LogP contribution in [0.15, 0.2) is 17.6 Å². The summed E-state index contributed by atoms with van der Waals surface area (Å²) in [6, 6.07) is 0. The number of aromatic nitrogens is 2. The van der Waals surface area contributed by atoms with Gasteiger partial charge in [0.05, 0.1) is 4.90 Å². The molecule has 1 heterocycles. The molecule has 0 unspecified atom stereocenters. The van der Waals surface area contributed by atoms with E-state index in [9.17, 15) is 0 Å². The fourth-order valence-corrected chi connectivity index (χ4v) is 1.72. The van der Waals surface area contributed by atoms with Gasteiger partial charge in [-0.2, -0.15) is 9.97 Å². The molecule has 0 saturated carbocycles. The lowest BCUT2D eigenvalue weighted by Crippen LogP contribution is -2.01. The molecule has 0 atom stereocenters. The van der Waals surface area contributed by atoms with Gasteiger partial charge in [-0.15, -0.1) is 18.3 Å². The van der Waals surface area contributed by atoms with Crippen LogP contribution in [0.1, 0.15) is 0 Å². The standard InChI is InChI=1S/C7H9ClN4S/c1-2-3-13-4-5(8)11-7(10)12-6(4)9/h2H,1,3H2,(H4,9,10,11,12). The van der Waals surface area contributed by atoms with E-state index in [2.05, 4.69) is 16.5 Å². The molecule has 0 aliphatic heterocycles. The number of halogens is 1. The number of rotatable bonds is 3. The second-order valence-electron chi connectivity index (χ2n) is 2.19. The molecule has 0 aromatic carbocycles. The van der Waals surface area contributed by atoms with Gasteiger partial charge in [-0.3, -0.25) is 0 Å². The minimum atomic E-state index is 0.0884. The van der Waals surface area contributed by atoms with Gasteiger partial charge in [0.1, 0.15) is 11.0 Å². The van der Waals surface area contributed by atoms with Gasteiger partial charge in [-0.05, 0) is 0 Å². The second kappa shape index (κ2) is 4.34.